The van der Waals surface area contributed by atoms with Crippen molar-refractivity contribution in [3.63, 3.8) is 0 Å². The summed E-state index contributed by atoms with van der Waals surface area (Å²) in [6.07, 6.45) is 1.73. The molecular weight excluding hydrogens is 282 g/mol. The fraction of sp³-hybridized carbons (Fsp3) is 0.0833. The minimum Gasteiger partial charge on any atom is -0.325 e. The zero-order valence-corrected chi connectivity index (χ0v) is 11.4. The summed E-state index contributed by atoms with van der Waals surface area (Å²) < 4.78 is 1.70. The molecular formula is C12H10ClN5S. The second-order valence-corrected chi connectivity index (χ2v) is 5.13. The Morgan fingerprint density at radius 1 is 1.26 bits per heavy atom. The lowest BCUT2D eigenvalue weighted by Gasteiger charge is -2.05. The number of nitrogens with two attached hydrogens (primary N) is 1. The van der Waals surface area contributed by atoms with E-state index in [9.17, 15) is 0 Å². The summed E-state index contributed by atoms with van der Waals surface area (Å²) in [6, 6.07) is 7.50. The van der Waals surface area contributed by atoms with Crippen LogP contribution in [0.4, 0.5) is 0 Å². The van der Waals surface area contributed by atoms with E-state index in [2.05, 4.69) is 15.3 Å². The van der Waals surface area contributed by atoms with Gasteiger partial charge in [-0.05, 0) is 12.1 Å². The van der Waals surface area contributed by atoms with E-state index < -0.39 is 0 Å². The first-order valence-electron chi connectivity index (χ1n) is 5.60. The molecule has 1 aromatic carbocycles. The van der Waals surface area contributed by atoms with Crippen molar-refractivity contribution in [2.45, 2.75) is 6.54 Å². The van der Waals surface area contributed by atoms with Crippen LogP contribution in [0.5, 0.6) is 0 Å². The van der Waals surface area contributed by atoms with Gasteiger partial charge in [0.2, 0.25) is 5.13 Å². The lowest BCUT2D eigenvalue weighted by molar-refractivity contribution is 0.794. The molecule has 0 atom stereocenters. The Labute approximate surface area is 118 Å². The molecule has 2 N–H and O–H groups in total. The first-order valence-corrected chi connectivity index (χ1v) is 6.86. The highest BCUT2D eigenvalue weighted by molar-refractivity contribution is 7.12. The standard InChI is InChI=1S/C12H10ClN5S/c13-9-3-1-8(2-4-9)11-10(7-14)16-17-18(11)12-15-5-6-19-12/h1-6H,7,14H2. The Hall–Kier alpha value is -1.76. The van der Waals surface area contributed by atoms with E-state index in [4.69, 9.17) is 17.3 Å². The highest BCUT2D eigenvalue weighted by Crippen LogP contribution is 2.26. The molecule has 2 aromatic heterocycles. The van der Waals surface area contributed by atoms with Crippen LogP contribution in [0.15, 0.2) is 35.8 Å². The van der Waals surface area contributed by atoms with Gasteiger partial charge in [-0.25, -0.2) is 4.98 Å². The van der Waals surface area contributed by atoms with Gasteiger partial charge in [-0.2, -0.15) is 4.68 Å². The molecule has 0 aliphatic rings. The quantitative estimate of drug-likeness (QED) is 0.805. The van der Waals surface area contributed by atoms with E-state index in [1.165, 1.54) is 11.3 Å². The molecule has 0 amide bonds. The summed E-state index contributed by atoms with van der Waals surface area (Å²) in [5.41, 5.74) is 8.28. The highest BCUT2D eigenvalue weighted by atomic mass is 35.5. The molecule has 3 aromatic rings. The minimum absolute atomic E-state index is 0.323. The summed E-state index contributed by atoms with van der Waals surface area (Å²) in [5, 5.41) is 11.6. The topological polar surface area (TPSA) is 69.6 Å². The van der Waals surface area contributed by atoms with Gasteiger partial charge in [-0.3, -0.25) is 0 Å². The molecule has 0 bridgehead atoms. The van der Waals surface area contributed by atoms with Gasteiger partial charge >= 0.3 is 0 Å². The Balaban J connectivity index is 2.18. The number of thiazole rings is 1. The van der Waals surface area contributed by atoms with Crippen LogP contribution in [0.1, 0.15) is 5.69 Å². The van der Waals surface area contributed by atoms with E-state index >= 15 is 0 Å². The van der Waals surface area contributed by atoms with Crippen LogP contribution in [0, 0.1) is 0 Å². The van der Waals surface area contributed by atoms with Crippen LogP contribution in [0.3, 0.4) is 0 Å². The molecule has 0 aliphatic carbocycles. The average Bonchev–Trinajstić information content (AvgIpc) is 3.08. The summed E-state index contributed by atoms with van der Waals surface area (Å²) in [4.78, 5) is 4.25. The molecule has 0 spiro atoms. The van der Waals surface area contributed by atoms with Gasteiger partial charge in [0.25, 0.3) is 0 Å². The first-order chi connectivity index (χ1) is 9.29. The third-order valence-corrected chi connectivity index (χ3v) is 3.65. The molecule has 5 nitrogen and oxygen atoms in total. The van der Waals surface area contributed by atoms with E-state index in [1.54, 1.807) is 10.9 Å². The van der Waals surface area contributed by atoms with Crippen molar-refractivity contribution in [1.82, 2.24) is 20.0 Å². The zero-order valence-electron chi connectivity index (χ0n) is 9.82. The van der Waals surface area contributed by atoms with Crippen molar-refractivity contribution < 1.29 is 0 Å². The van der Waals surface area contributed by atoms with Crippen LogP contribution in [0.2, 0.25) is 5.02 Å². The molecule has 3 rings (SSSR count). The number of nitrogens with zero attached hydrogens (tertiary/aromatic N) is 4. The highest BCUT2D eigenvalue weighted by Gasteiger charge is 2.16. The number of hydrogen-bond acceptors (Lipinski definition) is 5. The van der Waals surface area contributed by atoms with Gasteiger partial charge in [-0.1, -0.05) is 28.9 Å². The van der Waals surface area contributed by atoms with Gasteiger partial charge in [-0.15, -0.1) is 16.4 Å². The molecule has 0 saturated carbocycles. The van der Waals surface area contributed by atoms with Gasteiger partial charge in [0.05, 0.1) is 0 Å². The average molecular weight is 292 g/mol. The normalized spacial score (nSPS) is 10.8. The van der Waals surface area contributed by atoms with Crippen LogP contribution >= 0.6 is 22.9 Å². The molecule has 0 unspecified atom stereocenters. The molecule has 2 heterocycles. The van der Waals surface area contributed by atoms with Gasteiger partial charge in [0, 0.05) is 28.7 Å². The maximum atomic E-state index is 5.91. The fourth-order valence-corrected chi connectivity index (χ4v) is 2.52. The van der Waals surface area contributed by atoms with Crippen molar-refractivity contribution in [3.8, 4) is 16.4 Å². The number of halogens is 1. The largest absolute Gasteiger partial charge is 0.325 e. The maximum absolute atomic E-state index is 5.91. The third-order valence-electron chi connectivity index (χ3n) is 2.65. The second kappa shape index (κ2) is 5.08. The van der Waals surface area contributed by atoms with Crippen molar-refractivity contribution >= 4 is 22.9 Å². The van der Waals surface area contributed by atoms with Crippen molar-refractivity contribution in [2.24, 2.45) is 5.73 Å². The van der Waals surface area contributed by atoms with Crippen LogP contribution in [-0.2, 0) is 6.54 Å². The van der Waals surface area contributed by atoms with Gasteiger partial charge in [0.15, 0.2) is 0 Å². The lowest BCUT2D eigenvalue weighted by atomic mass is 10.1. The summed E-state index contributed by atoms with van der Waals surface area (Å²) in [5.74, 6) is 0. The first kappa shape index (κ1) is 12.3. The van der Waals surface area contributed by atoms with E-state index in [1.807, 2.05) is 29.6 Å². The van der Waals surface area contributed by atoms with E-state index in [0.717, 1.165) is 22.1 Å². The van der Waals surface area contributed by atoms with Gasteiger partial charge < -0.3 is 5.73 Å². The molecule has 7 heteroatoms. The van der Waals surface area contributed by atoms with Crippen LogP contribution in [-0.4, -0.2) is 20.0 Å². The molecule has 0 fully saturated rings. The van der Waals surface area contributed by atoms with E-state index in [0.29, 0.717) is 11.6 Å². The number of benzene rings is 1. The van der Waals surface area contributed by atoms with Crippen molar-refractivity contribution in [3.05, 3.63) is 46.6 Å². The predicted molar refractivity (Wildman–Crippen MR) is 75.4 cm³/mol. The summed E-state index contributed by atoms with van der Waals surface area (Å²) >= 11 is 7.41. The minimum atomic E-state index is 0.323. The Morgan fingerprint density at radius 2 is 2.05 bits per heavy atom. The Kier molecular flexibility index (Phi) is 3.29. The zero-order chi connectivity index (χ0) is 13.2. The third kappa shape index (κ3) is 2.25. The van der Waals surface area contributed by atoms with E-state index in [-0.39, 0.29) is 0 Å². The summed E-state index contributed by atoms with van der Waals surface area (Å²) in [6.45, 7) is 0.323. The molecule has 0 aliphatic heterocycles. The molecule has 96 valence electrons. The number of aromatic nitrogens is 4. The number of hydrogen-bond donors (Lipinski definition) is 1. The van der Waals surface area contributed by atoms with Gasteiger partial charge in [0.1, 0.15) is 11.4 Å². The van der Waals surface area contributed by atoms with Crippen LogP contribution < -0.4 is 5.73 Å². The van der Waals surface area contributed by atoms with Crippen molar-refractivity contribution in [2.75, 3.05) is 0 Å². The maximum Gasteiger partial charge on any atom is 0.212 e. The lowest BCUT2D eigenvalue weighted by Crippen LogP contribution is -2.02. The molecule has 0 radical (unpaired) electrons. The summed E-state index contributed by atoms with van der Waals surface area (Å²) in [7, 11) is 0. The fourth-order valence-electron chi connectivity index (χ4n) is 1.80. The molecule has 19 heavy (non-hydrogen) atoms. The number of rotatable bonds is 3. The Bertz CT molecular complexity index is 675. The monoisotopic (exact) mass is 291 g/mol. The van der Waals surface area contributed by atoms with Crippen molar-refractivity contribution in [1.29, 1.82) is 0 Å². The second-order valence-electron chi connectivity index (χ2n) is 3.82. The predicted octanol–water partition coefficient (Wildman–Crippen LogP) is 2.50. The smallest absolute Gasteiger partial charge is 0.212 e. The van der Waals surface area contributed by atoms with Crippen LogP contribution in [0.25, 0.3) is 16.4 Å². The Morgan fingerprint density at radius 3 is 2.68 bits per heavy atom. The SMILES string of the molecule is NCc1nnn(-c2nccs2)c1-c1ccc(Cl)cc1. The molecule has 0 saturated heterocycles.